The van der Waals surface area contributed by atoms with Crippen LogP contribution in [0.4, 0.5) is 0 Å². The minimum atomic E-state index is 0.894. The van der Waals surface area contributed by atoms with E-state index in [1.807, 2.05) is 18.7 Å². The van der Waals surface area contributed by atoms with Crippen molar-refractivity contribution < 1.29 is 0 Å². The monoisotopic (exact) mass is 206 g/mol. The van der Waals surface area contributed by atoms with Crippen LogP contribution >= 0.6 is 12.6 Å². The highest BCUT2D eigenvalue weighted by molar-refractivity contribution is 7.80. The van der Waals surface area contributed by atoms with E-state index in [9.17, 15) is 0 Å². The first-order valence-electron chi connectivity index (χ1n) is 4.75. The Kier molecular flexibility index (Phi) is 2.50. The Morgan fingerprint density at radius 2 is 2.21 bits per heavy atom. The number of rotatable bonds is 2. The molecule has 0 amide bonds. The van der Waals surface area contributed by atoms with E-state index < -0.39 is 0 Å². The lowest BCUT2D eigenvalue weighted by atomic mass is 10.1. The molecule has 0 bridgehead atoms. The third-order valence-electron chi connectivity index (χ3n) is 2.50. The molecule has 0 N–H and O–H groups in total. The summed E-state index contributed by atoms with van der Waals surface area (Å²) in [5.41, 5.74) is 3.64. The molecule has 1 aromatic heterocycles. The maximum absolute atomic E-state index is 4.39. The lowest BCUT2D eigenvalue weighted by molar-refractivity contribution is 0.783. The number of aryl methyl sites for hydroxylation is 3. The predicted molar refractivity (Wildman–Crippen MR) is 63.0 cm³/mol. The highest BCUT2D eigenvalue weighted by Gasteiger charge is 2.04. The van der Waals surface area contributed by atoms with Crippen molar-refractivity contribution in [3.05, 3.63) is 29.5 Å². The van der Waals surface area contributed by atoms with Crippen LogP contribution in [0.1, 0.15) is 11.3 Å². The molecule has 0 saturated carbocycles. The molecule has 74 valence electrons. The molecule has 14 heavy (non-hydrogen) atoms. The molecule has 0 unspecified atom stereocenters. The maximum Gasteiger partial charge on any atom is 0.0682 e. The van der Waals surface area contributed by atoms with Crippen molar-refractivity contribution >= 4 is 23.5 Å². The quantitative estimate of drug-likeness (QED) is 0.747. The van der Waals surface area contributed by atoms with E-state index in [1.165, 1.54) is 16.5 Å². The number of aromatic nitrogens is 2. The Morgan fingerprint density at radius 3 is 2.93 bits per heavy atom. The number of nitrogens with zero attached hydrogens (tertiary/aromatic N) is 2. The molecule has 2 rings (SSSR count). The minimum absolute atomic E-state index is 0.894. The largest absolute Gasteiger partial charge is 0.268 e. The molecule has 0 atom stereocenters. The molecule has 0 spiro atoms. The molecule has 3 heteroatoms. The van der Waals surface area contributed by atoms with Crippen molar-refractivity contribution in [2.45, 2.75) is 13.3 Å². The van der Waals surface area contributed by atoms with E-state index in [1.54, 1.807) is 0 Å². The van der Waals surface area contributed by atoms with Crippen LogP contribution in [0.5, 0.6) is 0 Å². The number of thiol groups is 1. The number of fused-ring (bicyclic) bond motifs is 1. The molecular formula is C11H14N2S. The van der Waals surface area contributed by atoms with Crippen LogP contribution in [-0.2, 0) is 13.5 Å². The van der Waals surface area contributed by atoms with Gasteiger partial charge in [0.15, 0.2) is 0 Å². The first-order valence-corrected chi connectivity index (χ1v) is 5.38. The molecule has 1 aromatic carbocycles. The molecule has 0 aliphatic heterocycles. The van der Waals surface area contributed by atoms with Crippen LogP contribution in [-0.4, -0.2) is 15.5 Å². The van der Waals surface area contributed by atoms with Crippen LogP contribution < -0.4 is 0 Å². The van der Waals surface area contributed by atoms with Crippen molar-refractivity contribution in [2.24, 2.45) is 7.05 Å². The molecule has 2 aromatic rings. The van der Waals surface area contributed by atoms with Crippen LogP contribution in [0.3, 0.4) is 0 Å². The maximum atomic E-state index is 4.39. The molecular weight excluding hydrogens is 192 g/mol. The zero-order valence-electron chi connectivity index (χ0n) is 8.49. The second kappa shape index (κ2) is 3.65. The van der Waals surface area contributed by atoms with E-state index in [-0.39, 0.29) is 0 Å². The Morgan fingerprint density at radius 1 is 1.43 bits per heavy atom. The Labute approximate surface area is 89.3 Å². The van der Waals surface area contributed by atoms with Gasteiger partial charge in [0, 0.05) is 12.4 Å². The molecule has 0 fully saturated rings. The van der Waals surface area contributed by atoms with Gasteiger partial charge < -0.3 is 0 Å². The summed E-state index contributed by atoms with van der Waals surface area (Å²) in [6, 6.07) is 6.50. The molecule has 0 saturated heterocycles. The molecule has 0 aliphatic rings. The van der Waals surface area contributed by atoms with Crippen molar-refractivity contribution in [1.82, 2.24) is 9.78 Å². The van der Waals surface area contributed by atoms with Crippen molar-refractivity contribution in [3.63, 3.8) is 0 Å². The summed E-state index contributed by atoms with van der Waals surface area (Å²) in [7, 11) is 1.98. The zero-order chi connectivity index (χ0) is 10.1. The van der Waals surface area contributed by atoms with Gasteiger partial charge in [-0.15, -0.1) is 0 Å². The van der Waals surface area contributed by atoms with Gasteiger partial charge in [-0.2, -0.15) is 17.7 Å². The molecule has 1 heterocycles. The Bertz CT molecular complexity index is 460. The highest BCUT2D eigenvalue weighted by atomic mass is 32.1. The van der Waals surface area contributed by atoms with Gasteiger partial charge in [-0.05, 0) is 36.8 Å². The lowest BCUT2D eigenvalue weighted by Gasteiger charge is -1.99. The fourth-order valence-electron chi connectivity index (χ4n) is 1.77. The standard InChI is InChI=1S/C11H14N2S/c1-8-10-7-9(5-6-14)3-4-11(10)13(2)12-8/h3-4,7,14H,5-6H2,1-2H3. The fourth-order valence-corrected chi connectivity index (χ4v) is 2.03. The van der Waals surface area contributed by atoms with Crippen LogP contribution in [0, 0.1) is 6.92 Å². The van der Waals surface area contributed by atoms with Gasteiger partial charge in [0.05, 0.1) is 11.2 Å². The van der Waals surface area contributed by atoms with Crippen molar-refractivity contribution in [3.8, 4) is 0 Å². The van der Waals surface area contributed by atoms with E-state index >= 15 is 0 Å². The molecule has 0 aliphatic carbocycles. The third-order valence-corrected chi connectivity index (χ3v) is 2.72. The summed E-state index contributed by atoms with van der Waals surface area (Å²) in [4.78, 5) is 0. The van der Waals surface area contributed by atoms with Crippen molar-refractivity contribution in [2.75, 3.05) is 5.75 Å². The summed E-state index contributed by atoms with van der Waals surface area (Å²) >= 11 is 4.24. The summed E-state index contributed by atoms with van der Waals surface area (Å²) in [5, 5.41) is 5.65. The average Bonchev–Trinajstić information content (AvgIpc) is 2.43. The zero-order valence-corrected chi connectivity index (χ0v) is 9.38. The van der Waals surface area contributed by atoms with Gasteiger partial charge >= 0.3 is 0 Å². The second-order valence-corrected chi connectivity index (χ2v) is 3.98. The van der Waals surface area contributed by atoms with E-state index in [4.69, 9.17) is 0 Å². The molecule has 2 nitrogen and oxygen atoms in total. The average molecular weight is 206 g/mol. The highest BCUT2D eigenvalue weighted by Crippen LogP contribution is 2.19. The second-order valence-electron chi connectivity index (χ2n) is 3.53. The SMILES string of the molecule is Cc1nn(C)c2ccc(CCS)cc12. The van der Waals surface area contributed by atoms with E-state index in [0.29, 0.717) is 0 Å². The van der Waals surface area contributed by atoms with Crippen LogP contribution in [0.25, 0.3) is 10.9 Å². The predicted octanol–water partition coefficient (Wildman–Crippen LogP) is 2.35. The summed E-state index contributed by atoms with van der Waals surface area (Å²) in [6.45, 7) is 2.05. The van der Waals surface area contributed by atoms with E-state index in [2.05, 4.69) is 35.9 Å². The van der Waals surface area contributed by atoms with Gasteiger partial charge in [-0.3, -0.25) is 4.68 Å². The van der Waals surface area contributed by atoms with E-state index in [0.717, 1.165) is 17.9 Å². The van der Waals surface area contributed by atoms with Gasteiger partial charge in [-0.25, -0.2) is 0 Å². The van der Waals surface area contributed by atoms with Gasteiger partial charge in [0.2, 0.25) is 0 Å². The fraction of sp³-hybridized carbons (Fsp3) is 0.364. The molecule has 0 radical (unpaired) electrons. The summed E-state index contributed by atoms with van der Waals surface area (Å²) in [5.74, 6) is 0.894. The lowest BCUT2D eigenvalue weighted by Crippen LogP contribution is -1.90. The normalized spacial score (nSPS) is 11.1. The topological polar surface area (TPSA) is 17.8 Å². The van der Waals surface area contributed by atoms with Gasteiger partial charge in [0.25, 0.3) is 0 Å². The first-order chi connectivity index (χ1) is 6.72. The summed E-state index contributed by atoms with van der Waals surface area (Å²) in [6.07, 6.45) is 1.02. The Balaban J connectivity index is 2.59. The minimum Gasteiger partial charge on any atom is -0.268 e. The van der Waals surface area contributed by atoms with Crippen LogP contribution in [0.15, 0.2) is 18.2 Å². The first kappa shape index (κ1) is 9.59. The Hall–Kier alpha value is -0.960. The van der Waals surface area contributed by atoms with Crippen molar-refractivity contribution in [1.29, 1.82) is 0 Å². The smallest absolute Gasteiger partial charge is 0.0682 e. The van der Waals surface area contributed by atoms with Gasteiger partial charge in [-0.1, -0.05) is 6.07 Å². The number of hydrogen-bond acceptors (Lipinski definition) is 2. The number of benzene rings is 1. The number of hydrogen-bond donors (Lipinski definition) is 1. The third kappa shape index (κ3) is 1.52. The summed E-state index contributed by atoms with van der Waals surface area (Å²) < 4.78 is 1.93. The van der Waals surface area contributed by atoms with Crippen LogP contribution in [0.2, 0.25) is 0 Å². The van der Waals surface area contributed by atoms with Gasteiger partial charge in [0.1, 0.15) is 0 Å².